The van der Waals surface area contributed by atoms with Gasteiger partial charge in [0.15, 0.2) is 70.7 Å². The van der Waals surface area contributed by atoms with Crippen LogP contribution in [-0.4, -0.2) is 211 Å². The van der Waals surface area contributed by atoms with E-state index in [9.17, 15) is 90.4 Å². The largest absolute Gasteiger partial charge is 2.00 e. The number of nitrogens with two attached hydrogens (primary N) is 1. The fourth-order valence-electron chi connectivity index (χ4n) is 18.6. The van der Waals surface area contributed by atoms with Crippen molar-refractivity contribution in [2.75, 3.05) is 14.2 Å². The molecular formula is C86H86Br2F4MgN12O21. The van der Waals surface area contributed by atoms with Crippen molar-refractivity contribution >= 4 is 70.4 Å². The predicted molar refractivity (Wildman–Crippen MR) is 429 cm³/mol. The average Bonchev–Trinajstić information content (AvgIpc) is 1.31. The summed E-state index contributed by atoms with van der Waals surface area (Å²) < 4.78 is 94.0. The van der Waals surface area contributed by atoms with Crippen LogP contribution in [0.1, 0.15) is 183 Å². The number of amides is 7. The van der Waals surface area contributed by atoms with E-state index >= 15 is 0 Å². The van der Waals surface area contributed by atoms with Gasteiger partial charge in [-0.15, -0.1) is 0 Å². The summed E-state index contributed by atoms with van der Waals surface area (Å²) >= 11 is 0. The molecule has 126 heavy (non-hydrogen) atoms. The van der Waals surface area contributed by atoms with Crippen LogP contribution < -0.4 is 86.8 Å². The summed E-state index contributed by atoms with van der Waals surface area (Å²) in [5.41, 5.74) is 2.08. The Kier molecular flexibility index (Phi) is 28.4. The number of hydrogen-bond acceptors (Lipinski definition) is 21. The van der Waals surface area contributed by atoms with E-state index in [0.717, 1.165) is 77.0 Å². The minimum atomic E-state index is -1.34. The van der Waals surface area contributed by atoms with E-state index in [1.165, 1.54) is 101 Å². The maximum Gasteiger partial charge on any atom is 2.00 e. The van der Waals surface area contributed by atoms with Gasteiger partial charge in [-0.25, -0.2) is 22.4 Å². The zero-order valence-corrected chi connectivity index (χ0v) is 72.5. The van der Waals surface area contributed by atoms with Crippen LogP contribution in [0.25, 0.3) is 0 Å². The number of methoxy groups -OCH3 is 2. The Bertz CT molecular complexity index is 5730. The van der Waals surface area contributed by atoms with Crippen LogP contribution in [-0.2, 0) is 71.3 Å². The fourth-order valence-corrected chi connectivity index (χ4v) is 18.6. The zero-order valence-electron chi connectivity index (χ0n) is 67.9. The Hall–Kier alpha value is -11.1. The van der Waals surface area contributed by atoms with Gasteiger partial charge >= 0.3 is 29.0 Å². The van der Waals surface area contributed by atoms with E-state index < -0.39 is 117 Å². The topological polar surface area (TPSA) is 416 Å². The molecule has 8 aliphatic heterocycles. The third-order valence-corrected chi connectivity index (χ3v) is 24.5. The number of aromatic nitrogens is 4. The van der Waals surface area contributed by atoms with Crippen molar-refractivity contribution in [3.05, 3.63) is 253 Å². The van der Waals surface area contributed by atoms with Gasteiger partial charge in [0.1, 0.15) is 45.5 Å². The number of fused-ring (bicyclic) bond motifs is 20. The SMILES string of the molecule is COc1c2n(cc(C(=O)NCc3ccccc3F)c1=O)C[C@@H]1O[C@H]3CC[C@H](C3)N1C2=O.COc1c2n(cc(C(=O)O)c1=O)C[C@@H]1O[C@H]3CC[C@H](C3)N1C2=O.NCc1ccccc1F.O=C(NCc1ccccc1F)c1cn2c(c(O)c1=O)C(=O)N1[C@@H]3CC[C@@H](C3)O[C@H]1C2.O=C(NCc1ccccc1F)c1cn2c(c(O)c1=O)C(=O)N1[C@@H]3CC[C@@H](C3)O[C@H]1C2.[Br-].[Br-].[Mg+2]. The molecule has 12 heterocycles. The van der Waals surface area contributed by atoms with E-state index in [1.807, 2.05) is 0 Å². The first kappa shape index (κ1) is 92.6. The average molecular weight is 1880 g/mol. The Balaban J connectivity index is 0.000000139. The number of carbonyl (C=O) groups excluding carboxylic acids is 7. The van der Waals surface area contributed by atoms with Gasteiger partial charge in [-0.3, -0.25) is 52.7 Å². The van der Waals surface area contributed by atoms with Gasteiger partial charge in [-0.2, -0.15) is 0 Å². The van der Waals surface area contributed by atoms with Crippen LogP contribution in [0.15, 0.2) is 141 Å². The first-order chi connectivity index (χ1) is 59.2. The minimum absolute atomic E-state index is 0. The zero-order chi connectivity index (χ0) is 86.7. The predicted octanol–water partition coefficient (Wildman–Crippen LogP) is -0.429. The molecule has 4 aromatic heterocycles. The number of benzene rings is 4. The van der Waals surface area contributed by atoms with Crippen LogP contribution in [0.2, 0.25) is 0 Å². The van der Waals surface area contributed by atoms with Crippen molar-refractivity contribution in [3.8, 4) is 23.0 Å². The van der Waals surface area contributed by atoms with Crippen LogP contribution in [0.4, 0.5) is 17.6 Å². The van der Waals surface area contributed by atoms with Crippen molar-refractivity contribution in [2.45, 2.75) is 203 Å². The molecule has 20 rings (SSSR count). The molecule has 4 saturated heterocycles. The van der Waals surface area contributed by atoms with E-state index in [4.69, 9.17) is 34.2 Å². The summed E-state index contributed by atoms with van der Waals surface area (Å²) in [5.74, 6) is -8.62. The van der Waals surface area contributed by atoms with Crippen molar-refractivity contribution < 1.29 is 134 Å². The van der Waals surface area contributed by atoms with Gasteiger partial charge in [0.2, 0.25) is 21.7 Å². The molecular weight excluding hydrogens is 1800 g/mol. The smallest absolute Gasteiger partial charge is 1.00 e. The molecule has 8 N–H and O–H groups in total. The molecule has 0 radical (unpaired) electrons. The van der Waals surface area contributed by atoms with Crippen LogP contribution in [0.3, 0.4) is 0 Å². The normalized spacial score (nSPS) is 23.3. The molecule has 40 heteroatoms. The molecule has 0 unspecified atom stereocenters. The molecule has 4 aliphatic carbocycles. The van der Waals surface area contributed by atoms with Crippen molar-refractivity contribution in [1.82, 2.24) is 53.8 Å². The summed E-state index contributed by atoms with van der Waals surface area (Å²) in [6.45, 7) is 1.00. The third kappa shape index (κ3) is 17.8. The van der Waals surface area contributed by atoms with Gasteiger partial charge in [0.25, 0.3) is 41.4 Å². The first-order valence-electron chi connectivity index (χ1n) is 40.4. The Morgan fingerprint density at radius 2 is 0.651 bits per heavy atom. The Morgan fingerprint density at radius 3 is 0.921 bits per heavy atom. The second-order valence-corrected chi connectivity index (χ2v) is 31.7. The van der Waals surface area contributed by atoms with Crippen molar-refractivity contribution in [3.63, 3.8) is 0 Å². The molecule has 8 aromatic rings. The molecule has 660 valence electrons. The number of rotatable bonds is 13. The molecule has 33 nitrogen and oxygen atoms in total. The molecule has 4 aromatic carbocycles. The number of hydrogen-bond donors (Lipinski definition) is 7. The van der Waals surface area contributed by atoms with E-state index in [0.29, 0.717) is 24.2 Å². The second kappa shape index (κ2) is 38.6. The summed E-state index contributed by atoms with van der Waals surface area (Å²) in [6, 6.07) is 24.8. The number of pyridine rings is 4. The number of halogens is 6. The fraction of sp³-hybridized carbons (Fsp3) is 0.395. The number of carboxylic acid groups (broad SMARTS) is 1. The Labute approximate surface area is 752 Å². The second-order valence-electron chi connectivity index (χ2n) is 31.7. The third-order valence-electron chi connectivity index (χ3n) is 24.5. The molecule has 7 amide bonds. The molecule has 0 spiro atoms. The number of carboxylic acids is 1. The number of nitrogens with zero attached hydrogens (tertiary/aromatic N) is 8. The molecule has 8 bridgehead atoms. The van der Waals surface area contributed by atoms with Crippen LogP contribution in [0, 0.1) is 23.3 Å². The van der Waals surface area contributed by atoms with Gasteiger partial charge in [0.05, 0.1) is 64.8 Å². The summed E-state index contributed by atoms with van der Waals surface area (Å²) in [6.07, 6.45) is 13.8. The van der Waals surface area contributed by atoms with E-state index in [-0.39, 0.29) is 225 Å². The van der Waals surface area contributed by atoms with Crippen molar-refractivity contribution in [2.24, 2.45) is 5.73 Å². The molecule has 12 atom stereocenters. The molecule has 12 aliphatic rings. The number of nitrogens with one attached hydrogen (secondary N) is 3. The Morgan fingerprint density at radius 1 is 0.397 bits per heavy atom. The first-order valence-corrected chi connectivity index (χ1v) is 40.4. The van der Waals surface area contributed by atoms with Crippen LogP contribution in [0.5, 0.6) is 23.0 Å². The van der Waals surface area contributed by atoms with Gasteiger partial charge < -0.3 is 137 Å². The van der Waals surface area contributed by atoms with Gasteiger partial charge in [-0.05, 0) is 101 Å². The van der Waals surface area contributed by atoms with Crippen LogP contribution >= 0.6 is 0 Å². The van der Waals surface area contributed by atoms with Crippen molar-refractivity contribution in [1.29, 1.82) is 0 Å². The quantitative estimate of drug-likeness (QED) is 0.0569. The van der Waals surface area contributed by atoms with Gasteiger partial charge in [-0.1, -0.05) is 72.8 Å². The molecule has 4 saturated carbocycles. The standard InChI is InChI=1S/C22H22FN3O5.2C21H20FN3O5.C15H16N2O6.C7H8FN.2BrH.Mg/c1-30-20-18-22(29)26-13-6-7-14(8-13)31-17(26)11-25(18)10-15(19(20)27)21(28)24-9-12-4-2-3-5-16(12)23;2*22-15-4-2-1-3-11(15)8-23-20(28)14-9-24-10-16-25(12-5-6-13(7-12)30-16)21(29)17(24)19(27)18(14)26;1-22-13-11-14(19)17-7-2-3-8(4-7)23-10(17)6-16(11)5-9(12(13)18)15(20)21;8-7-4-2-1-3-6(7)5-9;;;/h2-5,10,13-14,17H,6-9,11H2,1H3,(H,24,28);2*1-4,9,12-13,16,27H,5-8,10H2,(H,23,28);5,7-8,10H,2-4,6H2,1H3,(H,20,21);1-4H,5,9H2;2*1H;/q;;;;;;;+2/p-2/t13-,14+,17+;2*12-,13+,16+;7-,8+,10+;;;;/m1111..../s1. The molecule has 8 fully saturated rings. The maximum atomic E-state index is 13.8. The number of aromatic carboxylic acids is 1. The number of aromatic hydroxyl groups is 2. The monoisotopic (exact) mass is 1880 g/mol. The van der Waals surface area contributed by atoms with E-state index in [2.05, 4.69) is 16.0 Å². The summed E-state index contributed by atoms with van der Waals surface area (Å²) in [7, 11) is 2.57. The van der Waals surface area contributed by atoms with Gasteiger partial charge in [0, 0.05) is 97.4 Å². The number of carbonyl (C=O) groups is 8. The summed E-state index contributed by atoms with van der Waals surface area (Å²) in [4.78, 5) is 158. The van der Waals surface area contributed by atoms with E-state index in [1.54, 1.807) is 72.7 Å². The number of ether oxygens (including phenoxy) is 6. The summed E-state index contributed by atoms with van der Waals surface area (Å²) in [5, 5.41) is 37.7. The maximum absolute atomic E-state index is 13.8. The minimum Gasteiger partial charge on any atom is -1.00 e.